The number of hydrogen-bond donors (Lipinski definition) is 1. The standard InChI is InChI=1S/C18H21NO4/c1-4-22-18(21)16-14(7-8-19-17(16)20)12-5-6-13-10(2)11(3)23-15(13)9-12/h5-6,9,14,16H,4,7-8H2,1-3H3,(H,19,20). The first-order valence-electron chi connectivity index (χ1n) is 7.97. The number of esters is 1. The number of carbonyl (C=O) groups is 2. The fraction of sp³-hybridized carbons (Fsp3) is 0.444. The molecule has 1 aliphatic heterocycles. The molecule has 2 unspecified atom stereocenters. The number of aryl methyl sites for hydroxylation is 2. The van der Waals surface area contributed by atoms with E-state index in [1.165, 1.54) is 0 Å². The molecule has 2 heterocycles. The Kier molecular flexibility index (Phi) is 4.11. The molecule has 0 saturated carbocycles. The number of fused-ring (bicyclic) bond motifs is 1. The summed E-state index contributed by atoms with van der Waals surface area (Å²) in [5.41, 5.74) is 2.86. The highest BCUT2D eigenvalue weighted by atomic mass is 16.5. The second-order valence-corrected chi connectivity index (χ2v) is 5.95. The van der Waals surface area contributed by atoms with Crippen LogP contribution in [0.3, 0.4) is 0 Å². The van der Waals surface area contributed by atoms with Gasteiger partial charge in [0.2, 0.25) is 5.91 Å². The second kappa shape index (κ2) is 6.07. The van der Waals surface area contributed by atoms with E-state index < -0.39 is 11.9 Å². The first-order valence-corrected chi connectivity index (χ1v) is 7.97. The third-order valence-corrected chi connectivity index (χ3v) is 4.61. The van der Waals surface area contributed by atoms with Crippen LogP contribution in [0.5, 0.6) is 0 Å². The molecule has 1 N–H and O–H groups in total. The van der Waals surface area contributed by atoms with Crippen LogP contribution in [0, 0.1) is 19.8 Å². The van der Waals surface area contributed by atoms with Crippen molar-refractivity contribution in [2.24, 2.45) is 5.92 Å². The number of rotatable bonds is 3. The molecule has 0 bridgehead atoms. The Balaban J connectivity index is 2.00. The minimum absolute atomic E-state index is 0.182. The van der Waals surface area contributed by atoms with Crippen molar-refractivity contribution in [3.05, 3.63) is 35.1 Å². The average molecular weight is 315 g/mol. The lowest BCUT2D eigenvalue weighted by Crippen LogP contribution is -2.45. The molecule has 2 aromatic rings. The molecule has 1 amide bonds. The van der Waals surface area contributed by atoms with E-state index in [1.807, 2.05) is 32.0 Å². The van der Waals surface area contributed by atoms with Crippen LogP contribution in [0.1, 0.15) is 36.1 Å². The van der Waals surface area contributed by atoms with Crippen molar-refractivity contribution >= 4 is 22.8 Å². The third-order valence-electron chi connectivity index (χ3n) is 4.61. The SMILES string of the molecule is CCOC(=O)C1C(=O)NCCC1c1ccc2c(C)c(C)oc2c1. The lowest BCUT2D eigenvalue weighted by atomic mass is 9.80. The van der Waals surface area contributed by atoms with Gasteiger partial charge in [0.05, 0.1) is 6.61 Å². The summed E-state index contributed by atoms with van der Waals surface area (Å²) in [5, 5.41) is 3.83. The molecule has 5 nitrogen and oxygen atoms in total. The maximum atomic E-state index is 12.2. The molecule has 1 aromatic heterocycles. The van der Waals surface area contributed by atoms with Crippen LogP contribution < -0.4 is 5.32 Å². The third kappa shape index (κ3) is 2.71. The predicted octanol–water partition coefficient (Wildman–Crippen LogP) is 2.83. The lowest BCUT2D eigenvalue weighted by molar-refractivity contribution is -0.154. The number of amides is 1. The van der Waals surface area contributed by atoms with Gasteiger partial charge in [-0.15, -0.1) is 0 Å². The first kappa shape index (κ1) is 15.6. The second-order valence-electron chi connectivity index (χ2n) is 5.95. The van der Waals surface area contributed by atoms with Crippen molar-refractivity contribution in [2.45, 2.75) is 33.1 Å². The number of piperidine rings is 1. The van der Waals surface area contributed by atoms with Crippen LogP contribution in [0.15, 0.2) is 22.6 Å². The van der Waals surface area contributed by atoms with Gasteiger partial charge in [-0.1, -0.05) is 12.1 Å². The summed E-state index contributed by atoms with van der Waals surface area (Å²) >= 11 is 0. The van der Waals surface area contributed by atoms with Crippen LogP contribution in [-0.4, -0.2) is 25.0 Å². The first-order chi connectivity index (χ1) is 11.0. The van der Waals surface area contributed by atoms with Crippen LogP contribution >= 0.6 is 0 Å². The van der Waals surface area contributed by atoms with E-state index in [-0.39, 0.29) is 18.4 Å². The van der Waals surface area contributed by atoms with Gasteiger partial charge in [-0.25, -0.2) is 0 Å². The Morgan fingerprint density at radius 1 is 1.39 bits per heavy atom. The van der Waals surface area contributed by atoms with E-state index in [4.69, 9.17) is 9.15 Å². The molecule has 0 radical (unpaired) electrons. The van der Waals surface area contributed by atoms with Crippen molar-refractivity contribution in [1.29, 1.82) is 0 Å². The molecule has 2 atom stereocenters. The fourth-order valence-corrected chi connectivity index (χ4v) is 3.27. The van der Waals surface area contributed by atoms with Gasteiger partial charge in [0.25, 0.3) is 0 Å². The van der Waals surface area contributed by atoms with Crippen LogP contribution in [-0.2, 0) is 14.3 Å². The lowest BCUT2D eigenvalue weighted by Gasteiger charge is -2.29. The van der Waals surface area contributed by atoms with Crippen molar-refractivity contribution in [2.75, 3.05) is 13.2 Å². The highest BCUT2D eigenvalue weighted by Gasteiger charge is 2.39. The van der Waals surface area contributed by atoms with E-state index in [0.29, 0.717) is 13.0 Å². The van der Waals surface area contributed by atoms with Crippen molar-refractivity contribution in [1.82, 2.24) is 5.32 Å². The summed E-state index contributed by atoms with van der Waals surface area (Å²) in [5.74, 6) is -0.801. The minimum Gasteiger partial charge on any atom is -0.465 e. The number of benzene rings is 1. The van der Waals surface area contributed by atoms with Gasteiger partial charge >= 0.3 is 5.97 Å². The zero-order valence-corrected chi connectivity index (χ0v) is 13.6. The van der Waals surface area contributed by atoms with E-state index in [2.05, 4.69) is 5.32 Å². The number of nitrogens with one attached hydrogen (secondary N) is 1. The fourth-order valence-electron chi connectivity index (χ4n) is 3.27. The van der Waals surface area contributed by atoms with Crippen LogP contribution in [0.25, 0.3) is 11.0 Å². The van der Waals surface area contributed by atoms with Crippen LogP contribution in [0.4, 0.5) is 0 Å². The maximum Gasteiger partial charge on any atom is 0.319 e. The monoisotopic (exact) mass is 315 g/mol. The number of ether oxygens (including phenoxy) is 1. The molecule has 0 aliphatic carbocycles. The van der Waals surface area contributed by atoms with E-state index in [0.717, 1.165) is 27.9 Å². The molecule has 5 heteroatoms. The topological polar surface area (TPSA) is 68.5 Å². The molecule has 1 aromatic carbocycles. The van der Waals surface area contributed by atoms with Gasteiger partial charge in [0.15, 0.2) is 0 Å². The van der Waals surface area contributed by atoms with Gasteiger partial charge in [0, 0.05) is 17.8 Å². The summed E-state index contributed by atoms with van der Waals surface area (Å²) in [6, 6.07) is 5.94. The van der Waals surface area contributed by atoms with E-state index in [9.17, 15) is 9.59 Å². The quantitative estimate of drug-likeness (QED) is 0.698. The molecule has 23 heavy (non-hydrogen) atoms. The maximum absolute atomic E-state index is 12.2. The van der Waals surface area contributed by atoms with Gasteiger partial charge in [-0.05, 0) is 44.4 Å². The smallest absolute Gasteiger partial charge is 0.319 e. The zero-order valence-electron chi connectivity index (χ0n) is 13.6. The molecule has 1 fully saturated rings. The summed E-state index contributed by atoms with van der Waals surface area (Å²) in [6.45, 7) is 6.54. The summed E-state index contributed by atoms with van der Waals surface area (Å²) in [4.78, 5) is 24.4. The Morgan fingerprint density at radius 2 is 2.17 bits per heavy atom. The van der Waals surface area contributed by atoms with Crippen molar-refractivity contribution in [3.8, 4) is 0 Å². The molecule has 1 aliphatic rings. The Bertz CT molecular complexity index is 762. The Labute approximate surface area is 135 Å². The average Bonchev–Trinajstić information content (AvgIpc) is 2.81. The minimum atomic E-state index is -0.793. The summed E-state index contributed by atoms with van der Waals surface area (Å²) in [7, 11) is 0. The molecular formula is C18H21NO4. The molecule has 0 spiro atoms. The normalized spacial score (nSPS) is 21.3. The highest BCUT2D eigenvalue weighted by molar-refractivity contribution is 5.99. The van der Waals surface area contributed by atoms with Crippen LogP contribution in [0.2, 0.25) is 0 Å². The number of furan rings is 1. The van der Waals surface area contributed by atoms with Gasteiger partial charge in [0.1, 0.15) is 17.3 Å². The zero-order chi connectivity index (χ0) is 16.6. The highest BCUT2D eigenvalue weighted by Crippen LogP contribution is 2.35. The summed E-state index contributed by atoms with van der Waals surface area (Å²) < 4.78 is 10.9. The van der Waals surface area contributed by atoms with E-state index in [1.54, 1.807) is 6.92 Å². The molecule has 1 saturated heterocycles. The van der Waals surface area contributed by atoms with Crippen molar-refractivity contribution in [3.63, 3.8) is 0 Å². The van der Waals surface area contributed by atoms with Crippen molar-refractivity contribution < 1.29 is 18.7 Å². The van der Waals surface area contributed by atoms with Gasteiger partial charge in [-0.2, -0.15) is 0 Å². The summed E-state index contributed by atoms with van der Waals surface area (Å²) in [6.07, 6.45) is 0.708. The van der Waals surface area contributed by atoms with E-state index >= 15 is 0 Å². The number of carbonyl (C=O) groups excluding carboxylic acids is 2. The molecule has 3 rings (SSSR count). The number of hydrogen-bond acceptors (Lipinski definition) is 4. The predicted molar refractivity (Wildman–Crippen MR) is 86.2 cm³/mol. The Hall–Kier alpha value is -2.30. The molecule has 122 valence electrons. The van der Waals surface area contributed by atoms with Gasteiger partial charge in [-0.3, -0.25) is 9.59 Å². The molecular weight excluding hydrogens is 294 g/mol. The van der Waals surface area contributed by atoms with Gasteiger partial charge < -0.3 is 14.5 Å². The Morgan fingerprint density at radius 3 is 2.91 bits per heavy atom. The largest absolute Gasteiger partial charge is 0.465 e.